The molecule has 0 aromatic heterocycles. The molecular weight excluding hydrogens is 462 g/mol. The van der Waals surface area contributed by atoms with Crippen molar-refractivity contribution >= 4 is 46.7 Å². The van der Waals surface area contributed by atoms with Crippen molar-refractivity contribution in [3.05, 3.63) is 70.4 Å². The van der Waals surface area contributed by atoms with Crippen LogP contribution in [-0.2, 0) is 19.1 Å². The summed E-state index contributed by atoms with van der Waals surface area (Å²) < 4.78 is 10.2. The first-order chi connectivity index (χ1) is 16.4. The Morgan fingerprint density at radius 3 is 2.41 bits per heavy atom. The van der Waals surface area contributed by atoms with Gasteiger partial charge in [0.05, 0.1) is 31.1 Å². The highest BCUT2D eigenvalue weighted by atomic mass is 35.5. The Morgan fingerprint density at radius 1 is 1.03 bits per heavy atom. The van der Waals surface area contributed by atoms with Crippen molar-refractivity contribution in [3.63, 3.8) is 0 Å². The average Bonchev–Trinajstić information content (AvgIpc) is 3.07. The van der Waals surface area contributed by atoms with Crippen molar-refractivity contribution in [3.8, 4) is 0 Å². The first kappa shape index (κ1) is 23.5. The molecular formula is C24H22ClN3O6. The summed E-state index contributed by atoms with van der Waals surface area (Å²) in [6, 6.07) is 12.5. The second-order valence-electron chi connectivity index (χ2n) is 7.51. The van der Waals surface area contributed by atoms with Gasteiger partial charge in [-0.1, -0.05) is 17.7 Å². The number of carbonyl (C=O) groups excluding carboxylic acids is 4. The van der Waals surface area contributed by atoms with Gasteiger partial charge in [-0.15, -0.1) is 0 Å². The number of hydrogen-bond donors (Lipinski definition) is 1. The van der Waals surface area contributed by atoms with Gasteiger partial charge < -0.3 is 19.7 Å². The van der Waals surface area contributed by atoms with Crippen LogP contribution in [0.2, 0.25) is 0 Å². The number of nitrogens with zero attached hydrogens (tertiary/aromatic N) is 2. The molecule has 0 saturated carbocycles. The number of rotatable bonds is 6. The van der Waals surface area contributed by atoms with Crippen LogP contribution in [0.1, 0.15) is 27.6 Å². The van der Waals surface area contributed by atoms with Gasteiger partial charge in [-0.25, -0.2) is 9.69 Å². The van der Waals surface area contributed by atoms with Crippen LogP contribution in [0.5, 0.6) is 0 Å². The van der Waals surface area contributed by atoms with Gasteiger partial charge in [-0.05, 0) is 49.4 Å². The van der Waals surface area contributed by atoms with E-state index < -0.39 is 17.8 Å². The van der Waals surface area contributed by atoms with Crippen LogP contribution in [0.3, 0.4) is 0 Å². The SMILES string of the molecule is CCOC(=O)c1cccc(N2C(=O)C(Cl)=C(Nc3ccc(C(=O)N4CCOCC4)cc3)C2=O)c1. The first-order valence-corrected chi connectivity index (χ1v) is 11.1. The molecule has 34 heavy (non-hydrogen) atoms. The minimum atomic E-state index is -0.714. The maximum Gasteiger partial charge on any atom is 0.338 e. The molecule has 2 aromatic carbocycles. The molecule has 2 aromatic rings. The van der Waals surface area contributed by atoms with Crippen molar-refractivity contribution in [1.82, 2.24) is 4.90 Å². The van der Waals surface area contributed by atoms with Crippen molar-refractivity contribution in [2.75, 3.05) is 43.1 Å². The third kappa shape index (κ3) is 4.66. The molecule has 3 amide bonds. The number of morpholine rings is 1. The summed E-state index contributed by atoms with van der Waals surface area (Å²) in [6.07, 6.45) is 0. The molecule has 0 bridgehead atoms. The molecule has 0 unspecified atom stereocenters. The lowest BCUT2D eigenvalue weighted by Gasteiger charge is -2.26. The number of hydrogen-bond acceptors (Lipinski definition) is 7. The summed E-state index contributed by atoms with van der Waals surface area (Å²) >= 11 is 6.19. The Balaban J connectivity index is 1.50. The normalized spacial score (nSPS) is 16.2. The second kappa shape index (κ2) is 10.1. The van der Waals surface area contributed by atoms with Crippen molar-refractivity contribution in [2.45, 2.75) is 6.92 Å². The molecule has 10 heteroatoms. The zero-order valence-corrected chi connectivity index (χ0v) is 19.1. The van der Waals surface area contributed by atoms with Crippen molar-refractivity contribution < 1.29 is 28.7 Å². The molecule has 9 nitrogen and oxygen atoms in total. The number of benzene rings is 2. The highest BCUT2D eigenvalue weighted by Crippen LogP contribution is 2.30. The summed E-state index contributed by atoms with van der Waals surface area (Å²) in [5.74, 6) is -2.04. The summed E-state index contributed by atoms with van der Waals surface area (Å²) in [6.45, 7) is 3.96. The molecule has 176 valence electrons. The van der Waals surface area contributed by atoms with Gasteiger partial charge in [0.1, 0.15) is 10.7 Å². The van der Waals surface area contributed by atoms with E-state index >= 15 is 0 Å². The van der Waals surface area contributed by atoms with E-state index in [9.17, 15) is 19.2 Å². The molecule has 1 saturated heterocycles. The summed E-state index contributed by atoms with van der Waals surface area (Å²) in [4.78, 5) is 53.0. The van der Waals surface area contributed by atoms with Gasteiger partial charge in [-0.2, -0.15) is 0 Å². The number of halogens is 1. The third-order valence-electron chi connectivity index (χ3n) is 5.34. The lowest BCUT2D eigenvalue weighted by atomic mass is 10.1. The summed E-state index contributed by atoms with van der Waals surface area (Å²) in [7, 11) is 0. The molecule has 2 aliphatic heterocycles. The Hall–Kier alpha value is -3.69. The van der Waals surface area contributed by atoms with Crippen LogP contribution in [-0.4, -0.2) is 61.5 Å². The molecule has 2 aliphatic rings. The fourth-order valence-corrected chi connectivity index (χ4v) is 3.83. The predicted octanol–water partition coefficient (Wildman–Crippen LogP) is 2.77. The van der Waals surface area contributed by atoms with Crippen LogP contribution in [0.25, 0.3) is 0 Å². The Bertz CT molecular complexity index is 1170. The summed E-state index contributed by atoms with van der Waals surface area (Å²) in [5.41, 5.74) is 1.29. The smallest absolute Gasteiger partial charge is 0.338 e. The van der Waals surface area contributed by atoms with Gasteiger partial charge in [0, 0.05) is 24.3 Å². The first-order valence-electron chi connectivity index (χ1n) is 10.7. The maximum absolute atomic E-state index is 13.0. The minimum Gasteiger partial charge on any atom is -0.462 e. The minimum absolute atomic E-state index is 0.0968. The van der Waals surface area contributed by atoms with E-state index in [-0.39, 0.29) is 34.5 Å². The molecule has 1 N–H and O–H groups in total. The van der Waals surface area contributed by atoms with E-state index in [0.29, 0.717) is 37.6 Å². The Labute approximate surface area is 200 Å². The van der Waals surface area contributed by atoms with E-state index in [1.165, 1.54) is 18.2 Å². The summed E-state index contributed by atoms with van der Waals surface area (Å²) in [5, 5.41) is 2.60. The number of amides is 3. The highest BCUT2D eigenvalue weighted by molar-refractivity contribution is 6.53. The molecule has 0 aliphatic carbocycles. The average molecular weight is 484 g/mol. The van der Waals surface area contributed by atoms with E-state index in [1.807, 2.05) is 0 Å². The number of imide groups is 1. The van der Waals surface area contributed by atoms with Gasteiger partial charge >= 0.3 is 5.97 Å². The van der Waals surface area contributed by atoms with E-state index in [4.69, 9.17) is 21.1 Å². The van der Waals surface area contributed by atoms with Gasteiger partial charge in [0.25, 0.3) is 17.7 Å². The topological polar surface area (TPSA) is 105 Å². The number of nitrogens with one attached hydrogen (secondary N) is 1. The van der Waals surface area contributed by atoms with E-state index in [0.717, 1.165) is 4.90 Å². The number of ether oxygens (including phenoxy) is 2. The molecule has 0 atom stereocenters. The van der Waals surface area contributed by atoms with Crippen LogP contribution in [0.4, 0.5) is 11.4 Å². The van der Waals surface area contributed by atoms with E-state index in [2.05, 4.69) is 5.32 Å². The van der Waals surface area contributed by atoms with Gasteiger partial charge in [0.15, 0.2) is 0 Å². The molecule has 0 spiro atoms. The van der Waals surface area contributed by atoms with Crippen LogP contribution in [0, 0.1) is 0 Å². The predicted molar refractivity (Wildman–Crippen MR) is 125 cm³/mol. The molecule has 0 radical (unpaired) electrons. The van der Waals surface area contributed by atoms with Crippen LogP contribution >= 0.6 is 11.6 Å². The quantitative estimate of drug-likeness (QED) is 0.497. The lowest BCUT2D eigenvalue weighted by Crippen LogP contribution is -2.40. The zero-order valence-electron chi connectivity index (χ0n) is 18.4. The largest absolute Gasteiger partial charge is 0.462 e. The number of carbonyl (C=O) groups is 4. The fraction of sp³-hybridized carbons (Fsp3) is 0.250. The maximum atomic E-state index is 13.0. The fourth-order valence-electron chi connectivity index (χ4n) is 3.62. The zero-order chi connectivity index (χ0) is 24.2. The van der Waals surface area contributed by atoms with Crippen molar-refractivity contribution in [1.29, 1.82) is 0 Å². The second-order valence-corrected chi connectivity index (χ2v) is 7.89. The Kier molecular flexibility index (Phi) is 6.95. The van der Waals surface area contributed by atoms with E-state index in [1.54, 1.807) is 42.2 Å². The number of anilines is 2. The molecule has 4 rings (SSSR count). The van der Waals surface area contributed by atoms with Crippen molar-refractivity contribution in [2.24, 2.45) is 0 Å². The van der Waals surface area contributed by atoms with Gasteiger partial charge in [0.2, 0.25) is 0 Å². The Morgan fingerprint density at radius 2 is 1.74 bits per heavy atom. The monoisotopic (exact) mass is 483 g/mol. The lowest BCUT2D eigenvalue weighted by molar-refractivity contribution is -0.120. The van der Waals surface area contributed by atoms with Crippen LogP contribution < -0.4 is 10.2 Å². The number of esters is 1. The van der Waals surface area contributed by atoms with Crippen LogP contribution in [0.15, 0.2) is 59.3 Å². The molecule has 2 heterocycles. The third-order valence-corrected chi connectivity index (χ3v) is 5.69. The standard InChI is InChI=1S/C24H22ClN3O6/c1-2-34-24(32)16-4-3-5-18(14-16)28-22(30)19(25)20(23(28)31)26-17-8-6-15(7-9-17)21(29)27-10-12-33-13-11-27/h3-9,14,26H,2,10-13H2,1H3. The van der Waals surface area contributed by atoms with Gasteiger partial charge in [-0.3, -0.25) is 14.4 Å². The highest BCUT2D eigenvalue weighted by Gasteiger charge is 2.39. The molecule has 1 fully saturated rings.